The van der Waals surface area contributed by atoms with E-state index in [0.717, 1.165) is 39.0 Å². The second kappa shape index (κ2) is 5.63. The summed E-state index contributed by atoms with van der Waals surface area (Å²) in [6, 6.07) is 0. The lowest BCUT2D eigenvalue weighted by Gasteiger charge is -2.22. The highest BCUT2D eigenvalue weighted by Crippen LogP contribution is 2.39. The van der Waals surface area contributed by atoms with Crippen molar-refractivity contribution in [1.82, 2.24) is 15.0 Å². The Hall–Kier alpha value is -1.63. The second-order valence-electron chi connectivity index (χ2n) is 5.94. The van der Waals surface area contributed by atoms with E-state index in [1.165, 1.54) is 0 Å². The van der Waals surface area contributed by atoms with Gasteiger partial charge in [-0.15, -0.1) is 0 Å². The summed E-state index contributed by atoms with van der Waals surface area (Å²) in [6.45, 7) is 7.53. The average Bonchev–Trinajstić information content (AvgIpc) is 3.02. The molecule has 3 atom stereocenters. The molecule has 0 amide bonds. The maximum absolute atomic E-state index is 10.0. The molecule has 1 saturated heterocycles. The Kier molecular flexibility index (Phi) is 3.84. The number of aliphatic hydroxyl groups excluding tert-OH is 1. The summed E-state index contributed by atoms with van der Waals surface area (Å²) in [6.07, 6.45) is 1.83. The first kappa shape index (κ1) is 14.3. The molecule has 1 aliphatic carbocycles. The number of rotatable bonds is 4. The molecular formula is C14H24N6O. The van der Waals surface area contributed by atoms with Crippen molar-refractivity contribution in [3.8, 4) is 0 Å². The molecule has 1 saturated carbocycles. The predicted molar refractivity (Wildman–Crippen MR) is 82.2 cm³/mol. The first-order chi connectivity index (χ1) is 10.1. The maximum Gasteiger partial charge on any atom is 0.231 e. The molecule has 7 nitrogen and oxygen atoms in total. The molecule has 2 heterocycles. The molecule has 2 aliphatic rings. The minimum absolute atomic E-state index is 0.179. The number of nitrogens with two attached hydrogens (primary N) is 1. The number of aliphatic hydroxyl groups is 1. The normalized spacial score (nSPS) is 28.0. The Labute approximate surface area is 125 Å². The molecule has 0 spiro atoms. The monoisotopic (exact) mass is 292 g/mol. The highest BCUT2D eigenvalue weighted by molar-refractivity contribution is 5.44. The third kappa shape index (κ3) is 2.62. The summed E-state index contributed by atoms with van der Waals surface area (Å²) in [4.78, 5) is 17.3. The second-order valence-corrected chi connectivity index (χ2v) is 5.94. The molecule has 0 radical (unpaired) electrons. The molecule has 3 rings (SSSR count). The Bertz CT molecular complexity index is 506. The van der Waals surface area contributed by atoms with Crippen molar-refractivity contribution in [3.05, 3.63) is 0 Å². The van der Waals surface area contributed by atoms with E-state index in [4.69, 9.17) is 5.73 Å². The molecule has 1 aromatic heterocycles. The Balaban J connectivity index is 1.83. The van der Waals surface area contributed by atoms with Crippen LogP contribution in [0.1, 0.15) is 26.7 Å². The van der Waals surface area contributed by atoms with Crippen molar-refractivity contribution < 1.29 is 5.11 Å². The van der Waals surface area contributed by atoms with Gasteiger partial charge in [-0.2, -0.15) is 15.0 Å². The van der Waals surface area contributed by atoms with Crippen LogP contribution in [0.25, 0.3) is 0 Å². The molecule has 7 heteroatoms. The topological polar surface area (TPSA) is 91.4 Å². The van der Waals surface area contributed by atoms with Crippen molar-refractivity contribution in [1.29, 1.82) is 0 Å². The largest absolute Gasteiger partial charge is 0.393 e. The van der Waals surface area contributed by atoms with Crippen molar-refractivity contribution in [2.75, 3.05) is 41.7 Å². The summed E-state index contributed by atoms with van der Waals surface area (Å²) in [7, 11) is 0. The van der Waals surface area contributed by atoms with E-state index in [9.17, 15) is 5.11 Å². The predicted octanol–water partition coefficient (Wildman–Crippen LogP) is 0.507. The van der Waals surface area contributed by atoms with Crippen LogP contribution in [0.4, 0.5) is 17.8 Å². The highest BCUT2D eigenvalue weighted by atomic mass is 16.3. The lowest BCUT2D eigenvalue weighted by molar-refractivity contribution is 0.133. The van der Waals surface area contributed by atoms with E-state index in [2.05, 4.69) is 38.6 Å². The molecule has 21 heavy (non-hydrogen) atoms. The Morgan fingerprint density at radius 3 is 2.62 bits per heavy atom. The summed E-state index contributed by atoms with van der Waals surface area (Å²) >= 11 is 0. The Morgan fingerprint density at radius 2 is 1.95 bits per heavy atom. The number of anilines is 3. The van der Waals surface area contributed by atoms with Gasteiger partial charge < -0.3 is 20.6 Å². The van der Waals surface area contributed by atoms with E-state index in [0.29, 0.717) is 23.7 Å². The number of hydrogen-bond acceptors (Lipinski definition) is 7. The van der Waals surface area contributed by atoms with Crippen molar-refractivity contribution in [2.45, 2.75) is 32.8 Å². The summed E-state index contributed by atoms with van der Waals surface area (Å²) in [5, 5.41) is 10.0. The van der Waals surface area contributed by atoms with Crippen LogP contribution >= 0.6 is 0 Å². The summed E-state index contributed by atoms with van der Waals surface area (Å²) in [5.74, 6) is 2.44. The molecule has 1 aliphatic heterocycles. The van der Waals surface area contributed by atoms with Gasteiger partial charge in [0.25, 0.3) is 0 Å². The van der Waals surface area contributed by atoms with Crippen LogP contribution in [0.2, 0.25) is 0 Å². The van der Waals surface area contributed by atoms with Gasteiger partial charge >= 0.3 is 0 Å². The van der Waals surface area contributed by atoms with Gasteiger partial charge in [-0.1, -0.05) is 0 Å². The zero-order chi connectivity index (χ0) is 15.0. The number of fused-ring (bicyclic) bond motifs is 1. The number of nitrogen functional groups attached to an aromatic ring is 1. The molecule has 0 aromatic carbocycles. The standard InChI is InChI=1S/C14H24N6O/c1-3-19(4-2)13-16-12(15)17-14(18-13)20-7-9-5-6-11(21)10(9)8-20/h9-11,21H,3-8H2,1-2H3,(H2,15,16,17,18). The van der Waals surface area contributed by atoms with Gasteiger partial charge in [-0.25, -0.2) is 0 Å². The third-order valence-electron chi connectivity index (χ3n) is 4.78. The van der Waals surface area contributed by atoms with E-state index in [-0.39, 0.29) is 12.1 Å². The van der Waals surface area contributed by atoms with Crippen LogP contribution in [-0.2, 0) is 0 Å². The fourth-order valence-corrected chi connectivity index (χ4v) is 3.56. The van der Waals surface area contributed by atoms with Crippen LogP contribution in [0, 0.1) is 11.8 Å². The zero-order valence-corrected chi connectivity index (χ0v) is 12.7. The minimum atomic E-state index is -0.179. The lowest BCUT2D eigenvalue weighted by Crippen LogP contribution is -2.29. The van der Waals surface area contributed by atoms with Gasteiger partial charge in [0.05, 0.1) is 6.10 Å². The van der Waals surface area contributed by atoms with Crippen LogP contribution in [-0.4, -0.2) is 52.3 Å². The molecule has 0 bridgehead atoms. The molecular weight excluding hydrogens is 268 g/mol. The zero-order valence-electron chi connectivity index (χ0n) is 12.7. The quantitative estimate of drug-likeness (QED) is 0.835. The van der Waals surface area contributed by atoms with Gasteiger partial charge in [0, 0.05) is 32.1 Å². The fraction of sp³-hybridized carbons (Fsp3) is 0.786. The van der Waals surface area contributed by atoms with E-state index in [1.807, 2.05) is 0 Å². The van der Waals surface area contributed by atoms with E-state index >= 15 is 0 Å². The highest BCUT2D eigenvalue weighted by Gasteiger charge is 2.42. The van der Waals surface area contributed by atoms with Crippen molar-refractivity contribution in [3.63, 3.8) is 0 Å². The van der Waals surface area contributed by atoms with Crippen LogP contribution in [0.3, 0.4) is 0 Å². The molecule has 3 unspecified atom stereocenters. The van der Waals surface area contributed by atoms with Crippen molar-refractivity contribution >= 4 is 17.8 Å². The third-order valence-corrected chi connectivity index (χ3v) is 4.78. The minimum Gasteiger partial charge on any atom is -0.393 e. The number of aromatic nitrogens is 3. The lowest BCUT2D eigenvalue weighted by atomic mass is 10.00. The maximum atomic E-state index is 10.0. The smallest absolute Gasteiger partial charge is 0.231 e. The number of nitrogens with zero attached hydrogens (tertiary/aromatic N) is 5. The number of hydrogen-bond donors (Lipinski definition) is 2. The van der Waals surface area contributed by atoms with Crippen molar-refractivity contribution in [2.24, 2.45) is 11.8 Å². The van der Waals surface area contributed by atoms with Crippen LogP contribution in [0.5, 0.6) is 0 Å². The summed E-state index contributed by atoms with van der Waals surface area (Å²) < 4.78 is 0. The van der Waals surface area contributed by atoms with Crippen LogP contribution < -0.4 is 15.5 Å². The molecule has 116 valence electrons. The van der Waals surface area contributed by atoms with Gasteiger partial charge in [-0.05, 0) is 32.6 Å². The first-order valence-corrected chi connectivity index (χ1v) is 7.81. The van der Waals surface area contributed by atoms with Gasteiger partial charge in [0.1, 0.15) is 0 Å². The average molecular weight is 292 g/mol. The SMILES string of the molecule is CCN(CC)c1nc(N)nc(N2CC3CCC(O)C3C2)n1. The Morgan fingerprint density at radius 1 is 1.19 bits per heavy atom. The van der Waals surface area contributed by atoms with Gasteiger partial charge in [-0.3, -0.25) is 0 Å². The first-order valence-electron chi connectivity index (χ1n) is 7.81. The fourth-order valence-electron chi connectivity index (χ4n) is 3.56. The summed E-state index contributed by atoms with van der Waals surface area (Å²) in [5.41, 5.74) is 5.85. The van der Waals surface area contributed by atoms with Gasteiger partial charge in [0.2, 0.25) is 17.8 Å². The van der Waals surface area contributed by atoms with Crippen LogP contribution in [0.15, 0.2) is 0 Å². The van der Waals surface area contributed by atoms with E-state index < -0.39 is 0 Å². The van der Waals surface area contributed by atoms with E-state index in [1.54, 1.807) is 0 Å². The molecule has 2 fully saturated rings. The van der Waals surface area contributed by atoms with Gasteiger partial charge in [0.15, 0.2) is 0 Å². The molecule has 3 N–H and O–H groups in total. The molecule has 1 aromatic rings.